The molecule has 5 aromatic carbocycles. The van der Waals surface area contributed by atoms with E-state index in [1.807, 2.05) is 143 Å². The van der Waals surface area contributed by atoms with E-state index in [2.05, 4.69) is 91.1 Å². The number of aliphatic hydroxyl groups is 1. The Hall–Kier alpha value is -8.25. The zero-order valence-electron chi connectivity index (χ0n) is 47.6. The third-order valence-electron chi connectivity index (χ3n) is 11.2. The predicted octanol–water partition coefficient (Wildman–Crippen LogP) is 13.5. The molecule has 0 spiro atoms. The Balaban J connectivity index is 0.000000273. The number of fused-ring (bicyclic) bond motifs is 2. The van der Waals surface area contributed by atoms with Crippen LogP contribution in [0, 0.1) is 54.7 Å². The number of benzene rings is 5. The average Bonchev–Trinajstić information content (AvgIpc) is 3.92. The maximum atomic E-state index is 13.2. The van der Waals surface area contributed by atoms with Crippen LogP contribution in [0.25, 0.3) is 60.0 Å². The topological polar surface area (TPSA) is 168 Å². The number of carboxylic acids is 1. The van der Waals surface area contributed by atoms with Gasteiger partial charge in [-0.1, -0.05) is 102 Å². The van der Waals surface area contributed by atoms with E-state index in [1.165, 1.54) is 59.9 Å². The number of para-hydroxylation sites is 3. The van der Waals surface area contributed by atoms with Crippen molar-refractivity contribution in [3.8, 4) is 38.9 Å². The number of carbonyl (C=O) groups is 2. The van der Waals surface area contributed by atoms with Crippen molar-refractivity contribution in [3.05, 3.63) is 298 Å². The van der Waals surface area contributed by atoms with Gasteiger partial charge in [-0.25, -0.2) is 21.1 Å². The van der Waals surface area contributed by atoms with Gasteiger partial charge in [-0.2, -0.15) is 43.1 Å². The number of aliphatic hydroxyl groups excluding tert-OH is 1. The van der Waals surface area contributed by atoms with Crippen molar-refractivity contribution in [2.45, 2.75) is 13.8 Å². The molecule has 0 saturated carbocycles. The van der Waals surface area contributed by atoms with E-state index in [-0.39, 0.29) is 109 Å². The Morgan fingerprint density at radius 1 is 0.652 bits per heavy atom. The monoisotopic (exact) mass is 1920 g/mol. The largest absolute Gasteiger partial charge is 3.00 e. The summed E-state index contributed by atoms with van der Waals surface area (Å²) >= 11 is 1.73. The van der Waals surface area contributed by atoms with Gasteiger partial charge in [0.15, 0.2) is 5.78 Å². The molecule has 7 aromatic heterocycles. The summed E-state index contributed by atoms with van der Waals surface area (Å²) in [6.07, 6.45) is 16.4. The number of aryl methyl sites for hydroxylation is 1. The van der Waals surface area contributed by atoms with Crippen LogP contribution in [0.2, 0.25) is 0 Å². The number of thiophene rings is 1. The van der Waals surface area contributed by atoms with E-state index in [1.54, 1.807) is 66.3 Å². The maximum Gasteiger partial charge on any atom is 3.00 e. The molecule has 461 valence electrons. The minimum absolute atomic E-state index is 0. The second-order valence-corrected chi connectivity index (χ2v) is 18.7. The van der Waals surface area contributed by atoms with E-state index in [9.17, 15) is 22.8 Å². The second kappa shape index (κ2) is 39.6. The van der Waals surface area contributed by atoms with E-state index in [0.717, 1.165) is 51.0 Å². The molecule has 8 heterocycles. The maximum absolute atomic E-state index is 13.2. The zero-order valence-corrected chi connectivity index (χ0v) is 58.0. The summed E-state index contributed by atoms with van der Waals surface area (Å²) in [6.45, 7) is 4.74. The molecular weight excluding hydrogens is 1870 g/mol. The molecule has 1 aliphatic rings. The molecule has 0 unspecified atom stereocenters. The predicted molar refractivity (Wildman–Crippen MR) is 322 cm³/mol. The van der Waals surface area contributed by atoms with Crippen molar-refractivity contribution < 1.29 is 118 Å². The third-order valence-corrected chi connectivity index (χ3v) is 12.3. The summed E-state index contributed by atoms with van der Waals surface area (Å²) in [5, 5.41) is 25.4. The molecule has 0 saturated heterocycles. The van der Waals surface area contributed by atoms with Gasteiger partial charge >= 0.3 is 26.1 Å². The van der Waals surface area contributed by atoms with Crippen molar-refractivity contribution in [3.63, 3.8) is 0 Å². The van der Waals surface area contributed by atoms with Gasteiger partial charge < -0.3 is 49.3 Å². The van der Waals surface area contributed by atoms with Crippen molar-refractivity contribution in [2.24, 2.45) is 7.05 Å². The van der Waals surface area contributed by atoms with Crippen LogP contribution < -0.4 is 14.6 Å². The SMILES string of the molecule is CC(=O)C=C(C)O.CN1C=CN(c2[c-]cc(F)cc2)[CH-]1.Cn1[c-][n+](-c2[c-]cccc2)c2ccccc21.Fc1c[c-]c(-c2ccccn2)c(F)c1.O=C(O)c1ccccn1.[Ir+3].[Ir].[Ir].[Ir].[c-]1c(-c2ccccn2)sc2ccccc12.c1ccc(-c2ccn[n-]2)nc1. The van der Waals surface area contributed by atoms with Crippen molar-refractivity contribution in [2.75, 3.05) is 11.9 Å². The van der Waals surface area contributed by atoms with E-state index in [0.29, 0.717) is 5.69 Å². The second-order valence-electron chi connectivity index (χ2n) is 17.7. The molecule has 14 nitrogen and oxygen atoms in total. The fraction of sp³-hybridized carbons (Fsp3) is 0.0597. The van der Waals surface area contributed by atoms with Gasteiger partial charge in [0.2, 0.25) is 6.33 Å². The first kappa shape index (κ1) is 75.0. The quantitative estimate of drug-likeness (QED) is 0.0671. The Kier molecular flexibility index (Phi) is 33.4. The molecule has 0 atom stereocenters. The number of imidazole rings is 1. The van der Waals surface area contributed by atoms with Crippen LogP contribution in [-0.2, 0) is 92.3 Å². The Bertz CT molecular complexity index is 4010. The molecular formula is C67H53F3Ir4N10O4S-3. The van der Waals surface area contributed by atoms with Gasteiger partial charge in [0.25, 0.3) is 0 Å². The first-order valence-electron chi connectivity index (χ1n) is 25.8. The van der Waals surface area contributed by atoms with Gasteiger partial charge in [-0.15, -0.1) is 59.6 Å². The number of ketones is 1. The van der Waals surface area contributed by atoms with Crippen LogP contribution >= 0.6 is 11.3 Å². The summed E-state index contributed by atoms with van der Waals surface area (Å²) in [7, 11) is 3.93. The first-order chi connectivity index (χ1) is 41.2. The van der Waals surface area contributed by atoms with Gasteiger partial charge in [-0.3, -0.25) is 22.9 Å². The van der Waals surface area contributed by atoms with Crippen LogP contribution in [0.5, 0.6) is 0 Å². The number of aromatic carboxylic acids is 1. The Morgan fingerprint density at radius 2 is 1.27 bits per heavy atom. The number of hydrogen-bond donors (Lipinski definition) is 2. The number of anilines is 1. The number of allylic oxidation sites excluding steroid dienone is 2. The van der Waals surface area contributed by atoms with Gasteiger partial charge in [0.05, 0.1) is 23.8 Å². The van der Waals surface area contributed by atoms with E-state index in [4.69, 9.17) is 10.2 Å². The molecule has 0 aliphatic carbocycles. The number of carboxylic acid groups (broad SMARTS) is 1. The van der Waals surface area contributed by atoms with Crippen molar-refractivity contribution in [1.82, 2.24) is 39.6 Å². The number of pyridine rings is 4. The van der Waals surface area contributed by atoms with Crippen LogP contribution in [0.15, 0.2) is 237 Å². The molecule has 1 aliphatic heterocycles. The molecule has 0 fully saturated rings. The smallest absolute Gasteiger partial charge is 0.574 e. The summed E-state index contributed by atoms with van der Waals surface area (Å²) < 4.78 is 43.6. The molecule has 0 amide bonds. The van der Waals surface area contributed by atoms with Crippen LogP contribution in [0.3, 0.4) is 0 Å². The average molecular weight is 1920 g/mol. The van der Waals surface area contributed by atoms with Crippen molar-refractivity contribution >= 4 is 49.9 Å². The third kappa shape index (κ3) is 24.3. The molecule has 0 bridgehead atoms. The number of carbonyl (C=O) groups excluding carboxylic acids is 1. The zero-order chi connectivity index (χ0) is 60.3. The normalized spacial score (nSPS) is 10.6. The molecule has 13 rings (SSSR count). The minimum Gasteiger partial charge on any atom is -0.574 e. The van der Waals surface area contributed by atoms with E-state index < -0.39 is 17.6 Å². The fourth-order valence-electron chi connectivity index (χ4n) is 7.40. The summed E-state index contributed by atoms with van der Waals surface area (Å²) in [4.78, 5) is 41.0. The number of rotatable bonds is 7. The fourth-order valence-corrected chi connectivity index (χ4v) is 8.38. The summed E-state index contributed by atoms with van der Waals surface area (Å²) in [5.41, 5.74) is 7.57. The molecule has 22 heteroatoms. The van der Waals surface area contributed by atoms with Gasteiger partial charge in [-0.05, 0) is 85.0 Å². The summed E-state index contributed by atoms with van der Waals surface area (Å²) in [6, 6.07) is 66.1. The van der Waals surface area contributed by atoms with Gasteiger partial charge in [0.1, 0.15) is 5.69 Å². The summed E-state index contributed by atoms with van der Waals surface area (Å²) in [5.74, 6) is -2.60. The van der Waals surface area contributed by atoms with E-state index >= 15 is 0 Å². The Morgan fingerprint density at radius 3 is 1.79 bits per heavy atom. The van der Waals surface area contributed by atoms with Crippen LogP contribution in [0.4, 0.5) is 18.9 Å². The number of nitrogens with zero attached hydrogens (tertiary/aromatic N) is 10. The molecule has 3 radical (unpaired) electrons. The van der Waals surface area contributed by atoms with Crippen LogP contribution in [0.1, 0.15) is 24.3 Å². The van der Waals surface area contributed by atoms with Crippen LogP contribution in [-0.4, -0.2) is 63.5 Å². The molecule has 2 N–H and O–H groups in total. The first-order valence-corrected chi connectivity index (χ1v) is 26.6. The Labute approximate surface area is 572 Å². The number of hydrogen-bond acceptors (Lipinski definition) is 11. The minimum atomic E-state index is -0.990. The number of aromatic nitrogens is 8. The van der Waals surface area contributed by atoms with Crippen molar-refractivity contribution in [1.29, 1.82) is 0 Å². The standard InChI is InChI=1S/C14H11N2.C13H8NS.C11H6F2N.C10H9FN2.C8H6N3.C6H5NO2.C5H8O2.4Ir/c1-15-11-16(12-7-3-2-4-8-12)14-10-6-5-9-13(14)15;1-2-7-12-10(5-1)9-13(15-12)11-6-3-4-8-14-11;12-8-4-5-9(10(13)7-8)11-3-1-2-6-14-11;1-12-6-7-13(8-12)10-4-2-9(11)3-5-10;1-2-5-9-7(3-1)8-4-6-10-11-8;8-6(9)5-3-1-2-4-7-5;1-4(6)3-5(2)7;;;;/h2-7,9-10H,1H3;1-8H;1-4,6-7H;2-4,6-8H,1H3;1-6H;1-4H,(H,8,9);3,6H,1-2H3;;;;/q3*-1;-2;-1;;;;;;+3. The molecule has 89 heavy (non-hydrogen) atoms. The van der Waals surface area contributed by atoms with Gasteiger partial charge in [0, 0.05) is 126 Å². The number of halogens is 3. The molecule has 12 aromatic rings.